The molecule has 0 aliphatic carbocycles. The van der Waals surface area contributed by atoms with E-state index in [4.69, 9.17) is 0 Å². The number of benzene rings is 3. The Morgan fingerprint density at radius 2 is 1.50 bits per heavy atom. The summed E-state index contributed by atoms with van der Waals surface area (Å²) in [5, 5.41) is 5.26. The van der Waals surface area contributed by atoms with Crippen LogP contribution in [-0.4, -0.2) is 16.4 Å². The zero-order valence-electron chi connectivity index (χ0n) is 17.8. The van der Waals surface area contributed by atoms with E-state index in [2.05, 4.69) is 10.6 Å². The minimum absolute atomic E-state index is 0.0533. The summed E-state index contributed by atoms with van der Waals surface area (Å²) in [5.74, 6) is -1.90. The molecule has 2 amide bonds. The zero-order valence-corrected chi connectivity index (χ0v) is 17.8. The first-order chi connectivity index (χ1) is 16.4. The number of nitrogens with one attached hydrogen (secondary N) is 2. The molecule has 0 radical (unpaired) electrons. The van der Waals surface area contributed by atoms with Crippen LogP contribution in [0.5, 0.6) is 0 Å². The van der Waals surface area contributed by atoms with Gasteiger partial charge in [0.15, 0.2) is 0 Å². The topological polar surface area (TPSA) is 80.2 Å². The number of pyridine rings is 1. The van der Waals surface area contributed by atoms with Crippen LogP contribution in [0.15, 0.2) is 95.9 Å². The summed E-state index contributed by atoms with van der Waals surface area (Å²) in [7, 11) is 0. The smallest absolute Gasteiger partial charge is 0.267 e. The van der Waals surface area contributed by atoms with Gasteiger partial charge in [0.1, 0.15) is 17.2 Å². The molecule has 1 aromatic heterocycles. The van der Waals surface area contributed by atoms with E-state index in [0.717, 1.165) is 0 Å². The number of hydrogen-bond acceptors (Lipinski definition) is 3. The van der Waals surface area contributed by atoms with Crippen LogP contribution in [0.25, 0.3) is 5.69 Å². The van der Waals surface area contributed by atoms with Gasteiger partial charge in [-0.15, -0.1) is 0 Å². The van der Waals surface area contributed by atoms with Gasteiger partial charge in [-0.05, 0) is 66.7 Å². The van der Waals surface area contributed by atoms with E-state index in [0.29, 0.717) is 22.5 Å². The van der Waals surface area contributed by atoms with Crippen molar-refractivity contribution in [2.24, 2.45) is 0 Å². The Labute approximate surface area is 193 Å². The Hall–Kier alpha value is -4.59. The second-order valence-electron chi connectivity index (χ2n) is 7.38. The number of anilines is 1. The van der Waals surface area contributed by atoms with Gasteiger partial charge in [0.25, 0.3) is 17.4 Å². The van der Waals surface area contributed by atoms with E-state index in [9.17, 15) is 23.2 Å². The molecule has 0 spiro atoms. The number of nitrogens with zero attached hydrogens (tertiary/aromatic N) is 1. The average Bonchev–Trinajstić information content (AvgIpc) is 2.84. The van der Waals surface area contributed by atoms with Crippen LogP contribution in [0, 0.1) is 11.6 Å². The minimum Gasteiger partial charge on any atom is -0.348 e. The molecule has 0 aliphatic rings. The van der Waals surface area contributed by atoms with Gasteiger partial charge < -0.3 is 10.6 Å². The standard InChI is InChI=1S/C26H19F2N3O3/c27-19-9-7-17(8-10-19)24(32)30-20-11-13-21(14-12-20)31-15-3-5-22(26(31)34)25(33)29-16-18-4-1-2-6-23(18)28/h1-15H,16H2,(H,29,33)(H,30,32). The highest BCUT2D eigenvalue weighted by atomic mass is 19.1. The van der Waals surface area contributed by atoms with E-state index < -0.39 is 29.0 Å². The molecule has 8 heteroatoms. The number of amides is 2. The Morgan fingerprint density at radius 3 is 2.21 bits per heavy atom. The summed E-state index contributed by atoms with van der Waals surface area (Å²) < 4.78 is 28.1. The van der Waals surface area contributed by atoms with Crippen molar-refractivity contribution in [3.05, 3.63) is 130 Å². The first-order valence-electron chi connectivity index (χ1n) is 10.3. The van der Waals surface area contributed by atoms with Gasteiger partial charge in [-0.3, -0.25) is 19.0 Å². The molecule has 0 atom stereocenters. The van der Waals surface area contributed by atoms with E-state index in [-0.39, 0.29) is 12.1 Å². The van der Waals surface area contributed by atoms with Crippen LogP contribution in [0.4, 0.5) is 14.5 Å². The largest absolute Gasteiger partial charge is 0.348 e. The lowest BCUT2D eigenvalue weighted by Crippen LogP contribution is -2.32. The van der Waals surface area contributed by atoms with Gasteiger partial charge in [0, 0.05) is 35.2 Å². The lowest BCUT2D eigenvalue weighted by molar-refractivity contribution is 0.0948. The monoisotopic (exact) mass is 459 g/mol. The van der Waals surface area contributed by atoms with Gasteiger partial charge in [-0.2, -0.15) is 0 Å². The molecule has 0 unspecified atom stereocenters. The highest BCUT2D eigenvalue weighted by Crippen LogP contribution is 2.14. The summed E-state index contributed by atoms with van der Waals surface area (Å²) in [4.78, 5) is 37.7. The third kappa shape index (κ3) is 5.07. The summed E-state index contributed by atoms with van der Waals surface area (Å²) >= 11 is 0. The van der Waals surface area contributed by atoms with Crippen LogP contribution in [0.3, 0.4) is 0 Å². The van der Waals surface area contributed by atoms with Crippen LogP contribution in [0.1, 0.15) is 26.3 Å². The number of aromatic nitrogens is 1. The molecule has 1 heterocycles. The number of halogens is 2. The first kappa shape index (κ1) is 22.6. The van der Waals surface area contributed by atoms with E-state index >= 15 is 0 Å². The maximum absolute atomic E-state index is 13.8. The van der Waals surface area contributed by atoms with Crippen molar-refractivity contribution >= 4 is 17.5 Å². The second-order valence-corrected chi connectivity index (χ2v) is 7.38. The van der Waals surface area contributed by atoms with Crippen molar-refractivity contribution in [2.45, 2.75) is 6.54 Å². The third-order valence-corrected chi connectivity index (χ3v) is 5.10. The van der Waals surface area contributed by atoms with Crippen molar-refractivity contribution in [3.63, 3.8) is 0 Å². The van der Waals surface area contributed by atoms with Crippen LogP contribution < -0.4 is 16.2 Å². The van der Waals surface area contributed by atoms with Crippen molar-refractivity contribution in [1.29, 1.82) is 0 Å². The molecule has 0 saturated carbocycles. The normalized spacial score (nSPS) is 10.5. The van der Waals surface area contributed by atoms with Gasteiger partial charge in [-0.25, -0.2) is 8.78 Å². The highest BCUT2D eigenvalue weighted by Gasteiger charge is 2.14. The molecule has 0 aliphatic heterocycles. The molecule has 6 nitrogen and oxygen atoms in total. The third-order valence-electron chi connectivity index (χ3n) is 5.10. The summed E-state index contributed by atoms with van der Waals surface area (Å²) in [6.07, 6.45) is 1.52. The summed E-state index contributed by atoms with van der Waals surface area (Å²) in [5.41, 5.74) is 0.934. The fraction of sp³-hybridized carbons (Fsp3) is 0.0385. The predicted molar refractivity (Wildman–Crippen MR) is 124 cm³/mol. The van der Waals surface area contributed by atoms with Crippen molar-refractivity contribution in [1.82, 2.24) is 9.88 Å². The van der Waals surface area contributed by atoms with Gasteiger partial charge in [0.2, 0.25) is 0 Å². The molecule has 34 heavy (non-hydrogen) atoms. The number of carbonyl (C=O) groups is 2. The summed E-state index contributed by atoms with van der Waals surface area (Å²) in [6, 6.07) is 20.6. The maximum Gasteiger partial charge on any atom is 0.267 e. The predicted octanol–water partition coefficient (Wildman–Crippen LogP) is 4.30. The van der Waals surface area contributed by atoms with Crippen molar-refractivity contribution in [2.75, 3.05) is 5.32 Å². The molecule has 4 rings (SSSR count). The van der Waals surface area contributed by atoms with Crippen LogP contribution in [-0.2, 0) is 6.54 Å². The zero-order chi connectivity index (χ0) is 24.1. The molecule has 0 saturated heterocycles. The Morgan fingerprint density at radius 1 is 0.794 bits per heavy atom. The number of hydrogen-bond donors (Lipinski definition) is 2. The first-order valence-corrected chi connectivity index (χ1v) is 10.3. The number of carbonyl (C=O) groups excluding carboxylic acids is 2. The van der Waals surface area contributed by atoms with Gasteiger partial charge >= 0.3 is 0 Å². The molecule has 3 aromatic carbocycles. The van der Waals surface area contributed by atoms with Crippen LogP contribution >= 0.6 is 0 Å². The Bertz CT molecular complexity index is 1400. The molecule has 2 N–H and O–H groups in total. The number of rotatable bonds is 6. The molecule has 170 valence electrons. The van der Waals surface area contributed by atoms with Gasteiger partial charge in [-0.1, -0.05) is 18.2 Å². The highest BCUT2D eigenvalue weighted by molar-refractivity contribution is 6.04. The summed E-state index contributed by atoms with van der Waals surface area (Å²) in [6.45, 7) is -0.0533. The quantitative estimate of drug-likeness (QED) is 0.451. The fourth-order valence-corrected chi connectivity index (χ4v) is 3.29. The SMILES string of the molecule is O=C(Nc1ccc(-n2cccc(C(=O)NCc3ccccc3F)c2=O)cc1)c1ccc(F)cc1. The average molecular weight is 459 g/mol. The Balaban J connectivity index is 1.48. The fourth-order valence-electron chi connectivity index (χ4n) is 3.29. The molecular formula is C26H19F2N3O3. The van der Waals surface area contributed by atoms with Crippen molar-refractivity contribution in [3.8, 4) is 5.69 Å². The molecule has 4 aromatic rings. The molecule has 0 bridgehead atoms. The molecular weight excluding hydrogens is 440 g/mol. The second kappa shape index (κ2) is 9.91. The maximum atomic E-state index is 13.8. The lowest BCUT2D eigenvalue weighted by atomic mass is 10.2. The Kier molecular flexibility index (Phi) is 6.59. The van der Waals surface area contributed by atoms with E-state index in [1.54, 1.807) is 48.5 Å². The minimum atomic E-state index is -0.620. The lowest BCUT2D eigenvalue weighted by Gasteiger charge is -2.11. The van der Waals surface area contributed by atoms with Crippen molar-refractivity contribution < 1.29 is 18.4 Å². The molecule has 0 fully saturated rings. The van der Waals surface area contributed by atoms with Crippen LogP contribution in [0.2, 0.25) is 0 Å². The van der Waals surface area contributed by atoms with Gasteiger partial charge in [0.05, 0.1) is 0 Å². The van der Waals surface area contributed by atoms with E-state index in [1.165, 1.54) is 47.2 Å². The van der Waals surface area contributed by atoms with E-state index in [1.807, 2.05) is 0 Å².